The molecule has 0 fully saturated rings. The van der Waals surface area contributed by atoms with Gasteiger partial charge in [-0.2, -0.15) is 4.98 Å². The van der Waals surface area contributed by atoms with Crippen molar-refractivity contribution in [2.24, 2.45) is 5.84 Å². The average Bonchev–Trinajstić information content (AvgIpc) is 2.96. The molecule has 3 aromatic rings. The van der Waals surface area contributed by atoms with Gasteiger partial charge in [0.25, 0.3) is 0 Å². The topological polar surface area (TPSA) is 82.3 Å². The minimum atomic E-state index is 0.323. The van der Waals surface area contributed by atoms with Crippen LogP contribution in [0.2, 0.25) is 0 Å². The molecule has 1 aromatic carbocycles. The van der Waals surface area contributed by atoms with Crippen molar-refractivity contribution in [1.82, 2.24) is 9.97 Å². The van der Waals surface area contributed by atoms with E-state index >= 15 is 0 Å². The van der Waals surface area contributed by atoms with Gasteiger partial charge in [-0.1, -0.05) is 0 Å². The fourth-order valence-corrected chi connectivity index (χ4v) is 2.48. The Kier molecular flexibility index (Phi) is 3.36. The third-order valence-corrected chi connectivity index (χ3v) is 3.50. The van der Waals surface area contributed by atoms with Crippen LogP contribution >= 0.6 is 11.3 Å². The minimum Gasteiger partial charge on any atom is -0.497 e. The van der Waals surface area contributed by atoms with Crippen molar-refractivity contribution in [3.05, 3.63) is 35.7 Å². The molecule has 0 saturated heterocycles. The summed E-state index contributed by atoms with van der Waals surface area (Å²) in [5.41, 5.74) is 2.44. The first-order valence-electron chi connectivity index (χ1n) is 5.84. The van der Waals surface area contributed by atoms with E-state index < -0.39 is 0 Å². The first-order valence-corrected chi connectivity index (χ1v) is 6.72. The van der Waals surface area contributed by atoms with E-state index in [1.54, 1.807) is 7.11 Å². The molecule has 3 rings (SSSR count). The summed E-state index contributed by atoms with van der Waals surface area (Å²) < 4.78 is 10.9. The number of hydrogen-bond donors (Lipinski definition) is 2. The van der Waals surface area contributed by atoms with E-state index in [1.165, 1.54) is 11.3 Å². The molecule has 7 heteroatoms. The fourth-order valence-electron chi connectivity index (χ4n) is 1.73. The molecule has 0 spiro atoms. The zero-order valence-electron chi connectivity index (χ0n) is 10.7. The van der Waals surface area contributed by atoms with Crippen LogP contribution in [0.5, 0.6) is 17.4 Å². The highest BCUT2D eigenvalue weighted by molar-refractivity contribution is 7.16. The standard InChI is InChI=1S/C13H12N4O2S/c1-18-8-2-4-9(5-3-8)19-11-10-6-7-20-12(10)16-13(15-11)17-14/h2-7H,14H2,1H3,(H,15,16,17). The number of fused-ring (bicyclic) bond motifs is 1. The Labute approximate surface area is 119 Å². The maximum atomic E-state index is 5.80. The molecule has 6 nitrogen and oxygen atoms in total. The summed E-state index contributed by atoms with van der Waals surface area (Å²) in [6.45, 7) is 0. The summed E-state index contributed by atoms with van der Waals surface area (Å²) >= 11 is 1.50. The molecule has 0 aliphatic rings. The second-order valence-corrected chi connectivity index (χ2v) is 4.81. The van der Waals surface area contributed by atoms with Crippen molar-refractivity contribution in [1.29, 1.82) is 0 Å². The van der Waals surface area contributed by atoms with Crippen molar-refractivity contribution in [2.75, 3.05) is 12.5 Å². The van der Waals surface area contributed by atoms with Crippen LogP contribution in [0.3, 0.4) is 0 Å². The molecule has 0 radical (unpaired) electrons. The van der Waals surface area contributed by atoms with E-state index in [1.807, 2.05) is 35.7 Å². The number of hydrogen-bond acceptors (Lipinski definition) is 7. The molecule has 0 atom stereocenters. The molecule has 0 aliphatic carbocycles. The minimum absolute atomic E-state index is 0.323. The van der Waals surface area contributed by atoms with Gasteiger partial charge in [-0.05, 0) is 35.7 Å². The number of methoxy groups -OCH3 is 1. The quantitative estimate of drug-likeness (QED) is 0.567. The van der Waals surface area contributed by atoms with Crippen molar-refractivity contribution >= 4 is 27.5 Å². The van der Waals surface area contributed by atoms with Gasteiger partial charge >= 0.3 is 0 Å². The van der Waals surface area contributed by atoms with Crippen LogP contribution in [0.1, 0.15) is 0 Å². The van der Waals surface area contributed by atoms with Crippen LogP contribution in [0.15, 0.2) is 35.7 Å². The largest absolute Gasteiger partial charge is 0.497 e. The Bertz CT molecular complexity index is 727. The number of nitrogens with one attached hydrogen (secondary N) is 1. The second kappa shape index (κ2) is 5.32. The van der Waals surface area contributed by atoms with Gasteiger partial charge < -0.3 is 9.47 Å². The predicted molar refractivity (Wildman–Crippen MR) is 78.3 cm³/mol. The van der Waals surface area contributed by atoms with E-state index in [4.69, 9.17) is 15.3 Å². The van der Waals surface area contributed by atoms with Gasteiger partial charge in [0, 0.05) is 0 Å². The summed E-state index contributed by atoms with van der Waals surface area (Å²) in [4.78, 5) is 9.31. The summed E-state index contributed by atoms with van der Waals surface area (Å²) in [5.74, 6) is 7.59. The lowest BCUT2D eigenvalue weighted by atomic mass is 10.3. The Hall–Kier alpha value is -2.38. The van der Waals surface area contributed by atoms with Gasteiger partial charge in [0.15, 0.2) is 0 Å². The van der Waals surface area contributed by atoms with Gasteiger partial charge in [-0.15, -0.1) is 11.3 Å². The number of ether oxygens (including phenoxy) is 2. The predicted octanol–water partition coefficient (Wildman–Crippen LogP) is 2.78. The number of hydrazine groups is 1. The van der Waals surface area contributed by atoms with Crippen LogP contribution in [-0.2, 0) is 0 Å². The van der Waals surface area contributed by atoms with E-state index in [-0.39, 0.29) is 0 Å². The number of benzene rings is 1. The van der Waals surface area contributed by atoms with E-state index in [2.05, 4.69) is 15.4 Å². The van der Waals surface area contributed by atoms with E-state index in [9.17, 15) is 0 Å². The normalized spacial score (nSPS) is 10.5. The highest BCUT2D eigenvalue weighted by Crippen LogP contribution is 2.31. The van der Waals surface area contributed by atoms with Gasteiger partial charge in [0.2, 0.25) is 11.8 Å². The lowest BCUT2D eigenvalue weighted by Gasteiger charge is -2.08. The van der Waals surface area contributed by atoms with Crippen molar-refractivity contribution < 1.29 is 9.47 Å². The Balaban J connectivity index is 1.98. The summed E-state index contributed by atoms with van der Waals surface area (Å²) in [5, 5.41) is 2.78. The van der Waals surface area contributed by atoms with Crippen LogP contribution < -0.4 is 20.7 Å². The molecule has 3 N–H and O–H groups in total. The van der Waals surface area contributed by atoms with Gasteiger partial charge in [-0.25, -0.2) is 10.8 Å². The lowest BCUT2D eigenvalue weighted by molar-refractivity contribution is 0.412. The fraction of sp³-hybridized carbons (Fsp3) is 0.0769. The molecule has 0 unspecified atom stereocenters. The van der Waals surface area contributed by atoms with Crippen LogP contribution in [-0.4, -0.2) is 17.1 Å². The molecule has 2 heterocycles. The second-order valence-electron chi connectivity index (χ2n) is 3.91. The Morgan fingerprint density at radius 1 is 1.10 bits per heavy atom. The highest BCUT2D eigenvalue weighted by atomic mass is 32.1. The number of nitrogens with two attached hydrogens (primary N) is 1. The first kappa shape index (κ1) is 12.6. The number of rotatable bonds is 4. The van der Waals surface area contributed by atoms with E-state index in [0.717, 1.165) is 16.0 Å². The maximum absolute atomic E-state index is 5.80. The van der Waals surface area contributed by atoms with Crippen LogP contribution in [0.4, 0.5) is 5.95 Å². The van der Waals surface area contributed by atoms with E-state index in [0.29, 0.717) is 17.6 Å². The molecule has 2 aromatic heterocycles. The Morgan fingerprint density at radius 2 is 1.85 bits per heavy atom. The first-order chi connectivity index (χ1) is 9.80. The number of aromatic nitrogens is 2. The highest BCUT2D eigenvalue weighted by Gasteiger charge is 2.10. The summed E-state index contributed by atoms with van der Waals surface area (Å²) in [6, 6.07) is 9.19. The molecular weight excluding hydrogens is 276 g/mol. The summed E-state index contributed by atoms with van der Waals surface area (Å²) in [7, 11) is 1.62. The van der Waals surface area contributed by atoms with Crippen molar-refractivity contribution in [3.63, 3.8) is 0 Å². The number of nitrogens with zero attached hydrogens (tertiary/aromatic N) is 2. The average molecular weight is 288 g/mol. The molecule has 20 heavy (non-hydrogen) atoms. The van der Waals surface area contributed by atoms with Crippen molar-refractivity contribution in [2.45, 2.75) is 0 Å². The van der Waals surface area contributed by atoms with Gasteiger partial charge in [0.1, 0.15) is 16.3 Å². The summed E-state index contributed by atoms with van der Waals surface area (Å²) in [6.07, 6.45) is 0. The number of thiophene rings is 1. The SMILES string of the molecule is COc1ccc(Oc2nc(NN)nc3sccc23)cc1. The lowest BCUT2D eigenvalue weighted by Crippen LogP contribution is -2.10. The molecular formula is C13H12N4O2S. The van der Waals surface area contributed by atoms with Crippen molar-refractivity contribution in [3.8, 4) is 17.4 Å². The zero-order chi connectivity index (χ0) is 13.9. The zero-order valence-corrected chi connectivity index (χ0v) is 11.5. The van der Waals surface area contributed by atoms with Crippen LogP contribution in [0, 0.1) is 0 Å². The molecule has 0 amide bonds. The Morgan fingerprint density at radius 3 is 2.55 bits per heavy atom. The maximum Gasteiger partial charge on any atom is 0.241 e. The smallest absolute Gasteiger partial charge is 0.241 e. The molecule has 0 saturated carbocycles. The monoisotopic (exact) mass is 288 g/mol. The van der Waals surface area contributed by atoms with Gasteiger partial charge in [0.05, 0.1) is 12.5 Å². The van der Waals surface area contributed by atoms with Gasteiger partial charge in [-0.3, -0.25) is 5.43 Å². The molecule has 102 valence electrons. The molecule has 0 aliphatic heterocycles. The third kappa shape index (κ3) is 2.36. The molecule has 0 bridgehead atoms. The van der Waals surface area contributed by atoms with Crippen LogP contribution in [0.25, 0.3) is 10.2 Å². The third-order valence-electron chi connectivity index (χ3n) is 2.69. The number of nitrogen functional groups attached to an aromatic ring is 1. The number of anilines is 1.